The molecule has 1 fully saturated rings. The molecule has 0 saturated carbocycles. The van der Waals surface area contributed by atoms with E-state index in [4.69, 9.17) is 19.3 Å². The van der Waals surface area contributed by atoms with Crippen molar-refractivity contribution in [2.45, 2.75) is 6.92 Å². The summed E-state index contributed by atoms with van der Waals surface area (Å²) in [6, 6.07) is 0. The smallest absolute Gasteiger partial charge is 0.0701 e. The Labute approximate surface area is 73.4 Å². The normalized spacial score (nSPS) is 16.5. The Kier molecular flexibility index (Phi) is 10.7. The Bertz CT molecular complexity index is 57.9. The van der Waals surface area contributed by atoms with Crippen molar-refractivity contribution < 1.29 is 19.3 Å². The van der Waals surface area contributed by atoms with E-state index in [1.54, 1.807) is 0 Å². The lowest BCUT2D eigenvalue weighted by atomic mass is 10.6. The molecule has 12 heavy (non-hydrogen) atoms. The highest BCUT2D eigenvalue weighted by molar-refractivity contribution is 4.37. The molecule has 0 radical (unpaired) electrons. The molecule has 1 saturated heterocycles. The van der Waals surface area contributed by atoms with Crippen LogP contribution in [0, 0.1) is 0 Å². The van der Waals surface area contributed by atoms with Gasteiger partial charge in [0.2, 0.25) is 0 Å². The van der Waals surface area contributed by atoms with Crippen LogP contribution in [0.4, 0.5) is 0 Å². The van der Waals surface area contributed by atoms with Crippen LogP contribution in [-0.4, -0.2) is 51.4 Å². The molecule has 1 rings (SSSR count). The second-order valence-electron chi connectivity index (χ2n) is 2.15. The fourth-order valence-corrected chi connectivity index (χ4v) is 0.649. The van der Waals surface area contributed by atoms with E-state index in [0.29, 0.717) is 13.2 Å². The maximum absolute atomic E-state index is 8.07. The molecule has 0 amide bonds. The molecular weight excluding hydrogens is 160 g/mol. The van der Waals surface area contributed by atoms with E-state index in [1.165, 1.54) is 0 Å². The van der Waals surface area contributed by atoms with Gasteiger partial charge in [-0.15, -0.1) is 0 Å². The highest BCUT2D eigenvalue weighted by Crippen LogP contribution is 1.85. The van der Waals surface area contributed by atoms with Crippen molar-refractivity contribution >= 4 is 0 Å². The molecule has 4 nitrogen and oxygen atoms in total. The molecule has 0 spiro atoms. The molecule has 0 aromatic rings. The van der Waals surface area contributed by atoms with Crippen LogP contribution >= 0.6 is 0 Å². The third kappa shape index (κ3) is 9.84. The summed E-state index contributed by atoms with van der Waals surface area (Å²) in [6.07, 6.45) is 0. The predicted molar refractivity (Wildman–Crippen MR) is 45.2 cm³/mol. The average molecular weight is 178 g/mol. The van der Waals surface area contributed by atoms with E-state index < -0.39 is 0 Å². The zero-order valence-corrected chi connectivity index (χ0v) is 7.62. The first-order chi connectivity index (χ1) is 5.91. The Hall–Kier alpha value is -0.160. The second-order valence-corrected chi connectivity index (χ2v) is 2.15. The summed E-state index contributed by atoms with van der Waals surface area (Å²) in [5.74, 6) is 0. The molecule has 1 aliphatic rings. The van der Waals surface area contributed by atoms with Crippen molar-refractivity contribution in [1.82, 2.24) is 0 Å². The van der Waals surface area contributed by atoms with Crippen molar-refractivity contribution in [3.8, 4) is 0 Å². The third-order valence-corrected chi connectivity index (χ3v) is 1.18. The maximum atomic E-state index is 8.07. The van der Waals surface area contributed by atoms with Gasteiger partial charge in [-0.25, -0.2) is 0 Å². The first-order valence-corrected chi connectivity index (χ1v) is 4.26. The van der Waals surface area contributed by atoms with Crippen LogP contribution in [0.25, 0.3) is 0 Å². The van der Waals surface area contributed by atoms with Crippen LogP contribution in [0.1, 0.15) is 6.92 Å². The Balaban J connectivity index is 0.000000202. The van der Waals surface area contributed by atoms with Gasteiger partial charge >= 0.3 is 0 Å². The van der Waals surface area contributed by atoms with Crippen LogP contribution < -0.4 is 0 Å². The van der Waals surface area contributed by atoms with E-state index in [1.807, 2.05) is 6.92 Å². The highest BCUT2D eigenvalue weighted by Gasteiger charge is 1.94. The molecule has 74 valence electrons. The van der Waals surface area contributed by atoms with Gasteiger partial charge in [0.05, 0.1) is 39.6 Å². The summed E-state index contributed by atoms with van der Waals surface area (Å²) in [7, 11) is 0. The molecule has 0 aromatic heterocycles. The van der Waals surface area contributed by atoms with Crippen LogP contribution in [0.5, 0.6) is 0 Å². The molecule has 0 aromatic carbocycles. The first-order valence-electron chi connectivity index (χ1n) is 4.26. The summed E-state index contributed by atoms with van der Waals surface area (Å²) < 4.78 is 14.6. The highest BCUT2D eigenvalue weighted by atomic mass is 16.6. The SMILES string of the molecule is C1COCCO1.CCOCCO. The van der Waals surface area contributed by atoms with Crippen LogP contribution in [-0.2, 0) is 14.2 Å². The molecule has 1 heterocycles. The van der Waals surface area contributed by atoms with E-state index in [-0.39, 0.29) is 6.61 Å². The molecule has 1 N–H and O–H groups in total. The fourth-order valence-electron chi connectivity index (χ4n) is 0.649. The van der Waals surface area contributed by atoms with Crippen molar-refractivity contribution in [3.63, 3.8) is 0 Å². The van der Waals surface area contributed by atoms with Gasteiger partial charge in [-0.2, -0.15) is 0 Å². The van der Waals surface area contributed by atoms with Gasteiger partial charge in [0.1, 0.15) is 0 Å². The fraction of sp³-hybridized carbons (Fsp3) is 1.00. The molecule has 0 atom stereocenters. The zero-order chi connectivity index (χ0) is 9.07. The van der Waals surface area contributed by atoms with Gasteiger partial charge in [-0.05, 0) is 6.92 Å². The van der Waals surface area contributed by atoms with Crippen molar-refractivity contribution in [2.75, 3.05) is 46.2 Å². The molecular formula is C8H18O4. The molecule has 1 aliphatic heterocycles. The topological polar surface area (TPSA) is 47.9 Å². The van der Waals surface area contributed by atoms with E-state index in [9.17, 15) is 0 Å². The first kappa shape index (κ1) is 11.8. The molecule has 0 bridgehead atoms. The second kappa shape index (κ2) is 10.8. The van der Waals surface area contributed by atoms with Gasteiger partial charge < -0.3 is 19.3 Å². The third-order valence-electron chi connectivity index (χ3n) is 1.18. The molecule has 0 unspecified atom stereocenters. The minimum absolute atomic E-state index is 0.133. The number of rotatable bonds is 3. The quantitative estimate of drug-likeness (QED) is 0.620. The Morgan fingerprint density at radius 3 is 1.83 bits per heavy atom. The Morgan fingerprint density at radius 2 is 1.67 bits per heavy atom. The lowest BCUT2D eigenvalue weighted by molar-refractivity contribution is -0.0334. The summed E-state index contributed by atoms with van der Waals surface area (Å²) >= 11 is 0. The number of hydrogen-bond donors (Lipinski definition) is 1. The number of ether oxygens (including phenoxy) is 3. The lowest BCUT2D eigenvalue weighted by Crippen LogP contribution is -2.16. The van der Waals surface area contributed by atoms with Gasteiger partial charge in [0, 0.05) is 6.61 Å². The number of hydrogen-bond acceptors (Lipinski definition) is 4. The molecule has 4 heteroatoms. The summed E-state index contributed by atoms with van der Waals surface area (Å²) in [5, 5.41) is 8.07. The van der Waals surface area contributed by atoms with Crippen LogP contribution in [0.2, 0.25) is 0 Å². The number of aliphatic hydroxyl groups excluding tert-OH is 1. The maximum Gasteiger partial charge on any atom is 0.0701 e. The minimum Gasteiger partial charge on any atom is -0.394 e. The summed E-state index contributed by atoms with van der Waals surface area (Å²) in [6.45, 7) is 6.31. The largest absolute Gasteiger partial charge is 0.394 e. The van der Waals surface area contributed by atoms with Gasteiger partial charge in [0.15, 0.2) is 0 Å². The van der Waals surface area contributed by atoms with Crippen molar-refractivity contribution in [3.05, 3.63) is 0 Å². The average Bonchev–Trinajstić information content (AvgIpc) is 2.18. The minimum atomic E-state index is 0.133. The standard InChI is InChI=1S/C4H8O2.C4H10O2/c1-2-6-4-3-5-1;1-2-6-4-3-5/h1-4H2;5H,2-4H2,1H3. The summed E-state index contributed by atoms with van der Waals surface area (Å²) in [4.78, 5) is 0. The lowest BCUT2D eigenvalue weighted by Gasteiger charge is -2.09. The summed E-state index contributed by atoms with van der Waals surface area (Å²) in [5.41, 5.74) is 0. The molecule has 0 aliphatic carbocycles. The van der Waals surface area contributed by atoms with Crippen molar-refractivity contribution in [2.24, 2.45) is 0 Å². The van der Waals surface area contributed by atoms with Crippen molar-refractivity contribution in [1.29, 1.82) is 0 Å². The van der Waals surface area contributed by atoms with Crippen LogP contribution in [0.3, 0.4) is 0 Å². The van der Waals surface area contributed by atoms with Gasteiger partial charge in [-0.1, -0.05) is 0 Å². The monoisotopic (exact) mass is 178 g/mol. The predicted octanol–water partition coefficient (Wildman–Crippen LogP) is 0.0484. The van der Waals surface area contributed by atoms with E-state index in [0.717, 1.165) is 26.4 Å². The van der Waals surface area contributed by atoms with Gasteiger partial charge in [0.25, 0.3) is 0 Å². The van der Waals surface area contributed by atoms with Crippen LogP contribution in [0.15, 0.2) is 0 Å². The zero-order valence-electron chi connectivity index (χ0n) is 7.62. The Morgan fingerprint density at radius 1 is 1.17 bits per heavy atom. The van der Waals surface area contributed by atoms with E-state index in [2.05, 4.69) is 0 Å². The van der Waals surface area contributed by atoms with Gasteiger partial charge in [-0.3, -0.25) is 0 Å². The van der Waals surface area contributed by atoms with E-state index >= 15 is 0 Å². The number of aliphatic hydroxyl groups is 1.